The second kappa shape index (κ2) is 11.8. The SMILES string of the molecule is c1ccc(-c2nc(-c3cc4ccccc4cc3-c3ccccc3)nc(-c3c4sc(-c5ccccc5)nc4cc4sc5ccccc5c34)n2)cc1. The van der Waals surface area contributed by atoms with Crippen molar-refractivity contribution in [2.45, 2.75) is 0 Å². The van der Waals surface area contributed by atoms with Crippen LogP contribution in [0, 0.1) is 0 Å². The first kappa shape index (κ1) is 28.9. The van der Waals surface area contributed by atoms with Crippen molar-refractivity contribution < 1.29 is 0 Å². The van der Waals surface area contributed by atoms with Crippen LogP contribution >= 0.6 is 22.7 Å². The van der Waals surface area contributed by atoms with Gasteiger partial charge in [0.05, 0.1) is 10.2 Å². The summed E-state index contributed by atoms with van der Waals surface area (Å²) in [6, 6.07) is 54.9. The van der Waals surface area contributed by atoms with E-state index >= 15 is 0 Å². The lowest BCUT2D eigenvalue weighted by atomic mass is 9.95. The summed E-state index contributed by atoms with van der Waals surface area (Å²) < 4.78 is 3.46. The first-order valence-corrected chi connectivity index (χ1v) is 18.1. The van der Waals surface area contributed by atoms with Crippen molar-refractivity contribution >= 4 is 63.8 Å². The van der Waals surface area contributed by atoms with Crippen molar-refractivity contribution in [3.8, 4) is 55.9 Å². The molecule has 6 heteroatoms. The molecule has 0 aliphatic rings. The van der Waals surface area contributed by atoms with E-state index in [2.05, 4.69) is 133 Å². The number of fused-ring (bicyclic) bond motifs is 5. The lowest BCUT2D eigenvalue weighted by molar-refractivity contribution is 1.08. The highest BCUT2D eigenvalue weighted by molar-refractivity contribution is 7.26. The van der Waals surface area contributed by atoms with E-state index in [0.717, 1.165) is 64.1 Å². The summed E-state index contributed by atoms with van der Waals surface area (Å²) in [6.45, 7) is 0. The smallest absolute Gasteiger partial charge is 0.166 e. The van der Waals surface area contributed by atoms with Gasteiger partial charge < -0.3 is 0 Å². The van der Waals surface area contributed by atoms with Crippen molar-refractivity contribution in [2.75, 3.05) is 0 Å². The van der Waals surface area contributed by atoms with Gasteiger partial charge in [-0.1, -0.05) is 133 Å². The zero-order valence-corrected chi connectivity index (χ0v) is 28.2. The zero-order chi connectivity index (χ0) is 33.0. The van der Waals surface area contributed by atoms with Gasteiger partial charge in [0.1, 0.15) is 5.01 Å². The Balaban J connectivity index is 1.32. The topological polar surface area (TPSA) is 51.6 Å². The Labute approximate surface area is 296 Å². The minimum absolute atomic E-state index is 0.634. The van der Waals surface area contributed by atoms with Gasteiger partial charge in [0.25, 0.3) is 0 Å². The minimum atomic E-state index is 0.634. The Morgan fingerprint density at radius 3 is 1.72 bits per heavy atom. The van der Waals surface area contributed by atoms with E-state index in [4.69, 9.17) is 19.9 Å². The van der Waals surface area contributed by atoms with Gasteiger partial charge in [-0.25, -0.2) is 19.9 Å². The van der Waals surface area contributed by atoms with Gasteiger partial charge in [0.15, 0.2) is 17.5 Å². The molecule has 3 aromatic heterocycles. The number of nitrogens with zero attached hydrogens (tertiary/aromatic N) is 4. The van der Waals surface area contributed by atoms with E-state index in [1.165, 1.54) is 15.5 Å². The van der Waals surface area contributed by atoms with E-state index in [1.54, 1.807) is 22.7 Å². The molecule has 0 saturated carbocycles. The highest BCUT2D eigenvalue weighted by atomic mass is 32.1. The molecule has 0 fully saturated rings. The molecule has 0 bridgehead atoms. The van der Waals surface area contributed by atoms with E-state index in [-0.39, 0.29) is 0 Å². The van der Waals surface area contributed by atoms with Gasteiger partial charge in [-0.2, -0.15) is 0 Å². The first-order valence-electron chi connectivity index (χ1n) is 16.5. The maximum absolute atomic E-state index is 5.42. The molecule has 0 amide bonds. The fourth-order valence-corrected chi connectivity index (χ4v) is 9.04. The van der Waals surface area contributed by atoms with Gasteiger partial charge in [-0.3, -0.25) is 0 Å². The van der Waals surface area contributed by atoms with Crippen LogP contribution in [0.25, 0.3) is 97.0 Å². The Hall–Kier alpha value is -6.08. The molecule has 10 aromatic rings. The van der Waals surface area contributed by atoms with Crippen molar-refractivity contribution in [1.29, 1.82) is 0 Å². The van der Waals surface area contributed by atoms with E-state index in [9.17, 15) is 0 Å². The number of hydrogen-bond donors (Lipinski definition) is 0. The molecule has 0 aliphatic carbocycles. The quantitative estimate of drug-likeness (QED) is 0.182. The molecule has 0 radical (unpaired) electrons. The number of hydrogen-bond acceptors (Lipinski definition) is 6. The average molecular weight is 675 g/mol. The molecule has 7 aromatic carbocycles. The standard InChI is InChI=1S/C44H26N4S2/c1-4-14-27(15-5-1)33-24-30-20-10-11-21-31(30)25-34(33)42-46-41(28-16-6-2-7-17-28)47-43(48-42)39-38-32-22-12-13-23-36(32)49-37(38)26-35-40(39)50-44(45-35)29-18-8-3-9-19-29/h1-26H. The zero-order valence-electron chi connectivity index (χ0n) is 26.6. The molecule has 234 valence electrons. The third-order valence-corrected chi connectivity index (χ3v) is 11.4. The fraction of sp³-hybridized carbons (Fsp3) is 0. The average Bonchev–Trinajstić information content (AvgIpc) is 3.78. The molecule has 50 heavy (non-hydrogen) atoms. The molecule has 0 atom stereocenters. The second-order valence-corrected chi connectivity index (χ2v) is 14.3. The molecular formula is C44H26N4S2. The molecule has 0 N–H and O–H groups in total. The van der Waals surface area contributed by atoms with Crippen molar-refractivity contribution in [3.05, 3.63) is 158 Å². The Bertz CT molecular complexity index is 2860. The number of thiophene rings is 1. The number of rotatable bonds is 5. The van der Waals surface area contributed by atoms with E-state index in [1.807, 2.05) is 24.3 Å². The predicted octanol–water partition coefficient (Wildman–Crippen LogP) is 12.3. The maximum Gasteiger partial charge on any atom is 0.166 e. The third kappa shape index (κ3) is 4.88. The van der Waals surface area contributed by atoms with Crippen LogP contribution in [0.2, 0.25) is 0 Å². The number of thiazole rings is 1. The maximum atomic E-state index is 5.42. The lowest BCUT2D eigenvalue weighted by Crippen LogP contribution is -2.01. The van der Waals surface area contributed by atoms with Crippen LogP contribution in [0.1, 0.15) is 0 Å². The molecule has 0 unspecified atom stereocenters. The van der Waals surface area contributed by atoms with Crippen LogP contribution in [-0.2, 0) is 0 Å². The molecule has 3 heterocycles. The normalized spacial score (nSPS) is 11.6. The van der Waals surface area contributed by atoms with Crippen LogP contribution in [0.5, 0.6) is 0 Å². The first-order chi connectivity index (χ1) is 24.8. The van der Waals surface area contributed by atoms with E-state index in [0.29, 0.717) is 17.5 Å². The highest BCUT2D eigenvalue weighted by Crippen LogP contribution is 2.47. The van der Waals surface area contributed by atoms with Crippen molar-refractivity contribution in [3.63, 3.8) is 0 Å². The van der Waals surface area contributed by atoms with Crippen molar-refractivity contribution in [1.82, 2.24) is 19.9 Å². The van der Waals surface area contributed by atoms with Crippen LogP contribution in [0.4, 0.5) is 0 Å². The summed E-state index contributed by atoms with van der Waals surface area (Å²) in [4.78, 5) is 21.1. The highest BCUT2D eigenvalue weighted by Gasteiger charge is 2.23. The largest absolute Gasteiger partial charge is 0.236 e. The summed E-state index contributed by atoms with van der Waals surface area (Å²) in [5.41, 5.74) is 7.13. The Kier molecular flexibility index (Phi) is 6.82. The van der Waals surface area contributed by atoms with Gasteiger partial charge in [-0.15, -0.1) is 22.7 Å². The molecular weight excluding hydrogens is 649 g/mol. The van der Waals surface area contributed by atoms with Crippen LogP contribution < -0.4 is 0 Å². The fourth-order valence-electron chi connectivity index (χ4n) is 6.79. The summed E-state index contributed by atoms with van der Waals surface area (Å²) in [6.07, 6.45) is 0. The monoisotopic (exact) mass is 674 g/mol. The van der Waals surface area contributed by atoms with Crippen LogP contribution in [0.15, 0.2) is 158 Å². The summed E-state index contributed by atoms with van der Waals surface area (Å²) in [5, 5.41) is 5.62. The number of benzene rings is 7. The third-order valence-electron chi connectivity index (χ3n) is 9.14. The van der Waals surface area contributed by atoms with E-state index < -0.39 is 0 Å². The summed E-state index contributed by atoms with van der Waals surface area (Å²) >= 11 is 3.48. The number of aromatic nitrogens is 4. The second-order valence-electron chi connectivity index (χ2n) is 12.2. The molecule has 4 nitrogen and oxygen atoms in total. The molecule has 0 saturated heterocycles. The van der Waals surface area contributed by atoms with Gasteiger partial charge in [0, 0.05) is 42.4 Å². The van der Waals surface area contributed by atoms with Crippen LogP contribution in [0.3, 0.4) is 0 Å². The Morgan fingerprint density at radius 1 is 0.400 bits per heavy atom. The Morgan fingerprint density at radius 2 is 0.980 bits per heavy atom. The lowest BCUT2D eigenvalue weighted by Gasteiger charge is -2.14. The summed E-state index contributed by atoms with van der Waals surface area (Å²) in [5.74, 6) is 1.91. The van der Waals surface area contributed by atoms with Crippen LogP contribution in [-0.4, -0.2) is 19.9 Å². The predicted molar refractivity (Wildman–Crippen MR) is 211 cm³/mol. The van der Waals surface area contributed by atoms with Gasteiger partial charge >= 0.3 is 0 Å². The minimum Gasteiger partial charge on any atom is -0.236 e. The molecule has 0 aliphatic heterocycles. The van der Waals surface area contributed by atoms with Gasteiger partial charge in [0.2, 0.25) is 0 Å². The molecule has 10 rings (SSSR count). The van der Waals surface area contributed by atoms with Gasteiger partial charge in [-0.05, 0) is 46.2 Å². The van der Waals surface area contributed by atoms with Crippen molar-refractivity contribution in [2.24, 2.45) is 0 Å². The molecule has 0 spiro atoms. The summed E-state index contributed by atoms with van der Waals surface area (Å²) in [7, 11) is 0.